The topological polar surface area (TPSA) is 72.6 Å². The number of hydrogen-bond acceptors (Lipinski definition) is 6. The van der Waals surface area contributed by atoms with Gasteiger partial charge in [0.25, 0.3) is 0 Å². The molecule has 0 atom stereocenters. The van der Waals surface area contributed by atoms with E-state index >= 15 is 0 Å². The molecule has 2 aromatic rings. The molecule has 1 aromatic heterocycles. The molecule has 3 heterocycles. The lowest BCUT2D eigenvalue weighted by molar-refractivity contribution is 0.174. The number of benzene rings is 1. The second kappa shape index (κ2) is 7.38. The van der Waals surface area contributed by atoms with Crippen LogP contribution in [0.25, 0.3) is 11.3 Å². The monoisotopic (exact) mass is 352 g/mol. The van der Waals surface area contributed by atoms with Crippen LogP contribution in [-0.2, 0) is 13.2 Å². The molecule has 1 N–H and O–H groups in total. The Morgan fingerprint density at radius 1 is 1.08 bits per heavy atom. The van der Waals surface area contributed by atoms with Crippen molar-refractivity contribution in [1.82, 2.24) is 19.9 Å². The third-order valence-corrected chi connectivity index (χ3v) is 4.43. The summed E-state index contributed by atoms with van der Waals surface area (Å²) in [6.45, 7) is 4.13. The van der Waals surface area contributed by atoms with Crippen molar-refractivity contribution in [3.63, 3.8) is 0 Å². The van der Waals surface area contributed by atoms with Crippen molar-refractivity contribution >= 4 is 12.4 Å². The van der Waals surface area contributed by atoms with Gasteiger partial charge in [-0.3, -0.25) is 0 Å². The van der Waals surface area contributed by atoms with Crippen molar-refractivity contribution in [3.8, 4) is 22.8 Å². The van der Waals surface area contributed by atoms with Gasteiger partial charge in [-0.25, -0.2) is 4.68 Å². The van der Waals surface area contributed by atoms with Crippen LogP contribution in [0.4, 0.5) is 0 Å². The van der Waals surface area contributed by atoms with E-state index in [4.69, 9.17) is 9.47 Å². The summed E-state index contributed by atoms with van der Waals surface area (Å²) < 4.78 is 12.7. The van der Waals surface area contributed by atoms with Crippen LogP contribution in [0.5, 0.6) is 11.5 Å². The molecule has 8 heteroatoms. The lowest BCUT2D eigenvalue weighted by Crippen LogP contribution is -2.24. The van der Waals surface area contributed by atoms with Gasteiger partial charge in [-0.05, 0) is 44.1 Å². The molecule has 0 radical (unpaired) electrons. The third-order valence-electron chi connectivity index (χ3n) is 4.43. The number of hydrogen-bond donors (Lipinski definition) is 1. The van der Waals surface area contributed by atoms with Gasteiger partial charge >= 0.3 is 0 Å². The molecule has 2 aliphatic heterocycles. The van der Waals surface area contributed by atoms with Gasteiger partial charge in [-0.1, -0.05) is 5.21 Å². The van der Waals surface area contributed by atoms with Crippen molar-refractivity contribution in [2.75, 3.05) is 26.4 Å². The van der Waals surface area contributed by atoms with E-state index in [1.807, 2.05) is 22.9 Å². The van der Waals surface area contributed by atoms with Crippen molar-refractivity contribution in [3.05, 3.63) is 23.9 Å². The summed E-state index contributed by atoms with van der Waals surface area (Å²) in [7, 11) is 0. The Bertz CT molecular complexity index is 701. The second-order valence-corrected chi connectivity index (χ2v) is 5.88. The Morgan fingerprint density at radius 3 is 2.67 bits per heavy atom. The molecular weight excluding hydrogens is 332 g/mol. The minimum absolute atomic E-state index is 0. The highest BCUT2D eigenvalue weighted by Gasteiger charge is 2.20. The van der Waals surface area contributed by atoms with Gasteiger partial charge in [0.1, 0.15) is 5.69 Å². The lowest BCUT2D eigenvalue weighted by atomic mass is 10.1. The Balaban J connectivity index is 0.00000169. The van der Waals surface area contributed by atoms with E-state index in [-0.39, 0.29) is 25.8 Å². The minimum Gasteiger partial charge on any atom is -0.454 e. The second-order valence-electron chi connectivity index (χ2n) is 5.88. The number of likely N-dealkylation sites (tertiary alicyclic amines) is 1. The summed E-state index contributed by atoms with van der Waals surface area (Å²) >= 11 is 0. The van der Waals surface area contributed by atoms with Crippen molar-refractivity contribution in [1.29, 1.82) is 0 Å². The summed E-state index contributed by atoms with van der Waals surface area (Å²) in [6.07, 6.45) is 2.54. The molecule has 2 aliphatic rings. The molecule has 0 unspecified atom stereocenters. The van der Waals surface area contributed by atoms with Crippen LogP contribution < -0.4 is 9.47 Å². The van der Waals surface area contributed by atoms with Crippen molar-refractivity contribution in [2.24, 2.45) is 0 Å². The maximum Gasteiger partial charge on any atom is 0.231 e. The number of fused-ring (bicyclic) bond motifs is 1. The van der Waals surface area contributed by atoms with Gasteiger partial charge in [-0.15, -0.1) is 17.5 Å². The zero-order chi connectivity index (χ0) is 15.6. The van der Waals surface area contributed by atoms with E-state index in [9.17, 15) is 5.11 Å². The van der Waals surface area contributed by atoms with Gasteiger partial charge in [0.2, 0.25) is 6.79 Å². The van der Waals surface area contributed by atoms with E-state index in [1.54, 1.807) is 0 Å². The van der Waals surface area contributed by atoms with Crippen molar-refractivity contribution < 1.29 is 14.6 Å². The summed E-state index contributed by atoms with van der Waals surface area (Å²) in [6, 6.07) is 5.76. The zero-order valence-electron chi connectivity index (χ0n) is 13.3. The summed E-state index contributed by atoms with van der Waals surface area (Å²) in [4.78, 5) is 2.43. The first-order valence-corrected chi connectivity index (χ1v) is 8.01. The fraction of sp³-hybridized carbons (Fsp3) is 0.500. The number of rotatable bonds is 5. The summed E-state index contributed by atoms with van der Waals surface area (Å²) in [5, 5.41) is 17.9. The third kappa shape index (κ3) is 3.19. The normalized spacial score (nSPS) is 16.4. The Morgan fingerprint density at radius 2 is 1.88 bits per heavy atom. The first kappa shape index (κ1) is 17.0. The van der Waals surface area contributed by atoms with Crippen LogP contribution >= 0.6 is 12.4 Å². The number of aliphatic hydroxyl groups excluding tert-OH is 1. The van der Waals surface area contributed by atoms with Gasteiger partial charge in [0.15, 0.2) is 11.5 Å². The first-order valence-electron chi connectivity index (χ1n) is 8.01. The van der Waals surface area contributed by atoms with Crippen LogP contribution in [0.1, 0.15) is 18.5 Å². The summed E-state index contributed by atoms with van der Waals surface area (Å²) in [5.41, 5.74) is 2.38. The molecule has 0 bridgehead atoms. The Labute approximate surface area is 146 Å². The lowest BCUT2D eigenvalue weighted by Gasteiger charge is -2.15. The number of aliphatic hydroxyl groups is 1. The number of aromatic nitrogens is 3. The zero-order valence-corrected chi connectivity index (χ0v) is 14.2. The molecule has 4 rings (SSSR count). The Kier molecular flexibility index (Phi) is 5.23. The standard InChI is InChI=1S/C16H20N4O3.ClH/c21-10-13-16(12-3-4-14-15(9-12)23-11-22-14)20(18-17-13)8-7-19-5-1-2-6-19;/h3-4,9,21H,1-2,5-8,10-11H2;1H. The fourth-order valence-corrected chi connectivity index (χ4v) is 3.21. The van der Waals surface area contributed by atoms with Gasteiger partial charge < -0.3 is 19.5 Å². The minimum atomic E-state index is -0.131. The number of halogens is 1. The molecule has 1 fully saturated rings. The number of ether oxygens (including phenoxy) is 2. The van der Waals surface area contributed by atoms with Crippen LogP contribution in [0.2, 0.25) is 0 Å². The van der Waals surface area contributed by atoms with E-state index in [1.165, 1.54) is 12.8 Å². The smallest absolute Gasteiger partial charge is 0.231 e. The van der Waals surface area contributed by atoms with E-state index in [0.717, 1.165) is 48.9 Å². The summed E-state index contributed by atoms with van der Waals surface area (Å²) in [5.74, 6) is 1.47. The molecule has 130 valence electrons. The molecule has 1 aromatic carbocycles. The maximum atomic E-state index is 9.58. The molecular formula is C16H21ClN4O3. The van der Waals surface area contributed by atoms with Gasteiger partial charge in [-0.2, -0.15) is 0 Å². The predicted octanol–water partition coefficient (Wildman–Crippen LogP) is 1.68. The van der Waals surface area contributed by atoms with Gasteiger partial charge in [0.05, 0.1) is 18.8 Å². The average molecular weight is 353 g/mol. The highest BCUT2D eigenvalue weighted by molar-refractivity contribution is 5.85. The van der Waals surface area contributed by atoms with Crippen LogP contribution in [0.15, 0.2) is 18.2 Å². The number of nitrogens with zero attached hydrogens (tertiary/aromatic N) is 4. The van der Waals surface area contributed by atoms with Crippen LogP contribution in [0, 0.1) is 0 Å². The van der Waals surface area contributed by atoms with Crippen LogP contribution in [0.3, 0.4) is 0 Å². The molecule has 7 nitrogen and oxygen atoms in total. The van der Waals surface area contributed by atoms with E-state index in [2.05, 4.69) is 15.2 Å². The molecule has 1 saturated heterocycles. The highest BCUT2D eigenvalue weighted by Crippen LogP contribution is 2.36. The average Bonchev–Trinajstić information content (AvgIpc) is 3.31. The quantitative estimate of drug-likeness (QED) is 0.882. The molecule has 0 aliphatic carbocycles. The first-order chi connectivity index (χ1) is 11.3. The molecule has 0 amide bonds. The van der Waals surface area contributed by atoms with Crippen LogP contribution in [-0.4, -0.2) is 51.4 Å². The highest BCUT2D eigenvalue weighted by atomic mass is 35.5. The van der Waals surface area contributed by atoms with Crippen molar-refractivity contribution in [2.45, 2.75) is 26.0 Å². The molecule has 0 saturated carbocycles. The fourth-order valence-electron chi connectivity index (χ4n) is 3.21. The SMILES string of the molecule is Cl.OCc1nnn(CCN2CCCC2)c1-c1ccc2c(c1)OCO2. The Hall–Kier alpha value is -1.83. The largest absolute Gasteiger partial charge is 0.454 e. The van der Waals surface area contributed by atoms with Gasteiger partial charge in [0, 0.05) is 12.1 Å². The maximum absolute atomic E-state index is 9.58. The van der Waals surface area contributed by atoms with E-state index in [0.29, 0.717) is 5.69 Å². The molecule has 24 heavy (non-hydrogen) atoms. The predicted molar refractivity (Wildman–Crippen MR) is 90.4 cm³/mol. The molecule has 0 spiro atoms. The van der Waals surface area contributed by atoms with E-state index < -0.39 is 0 Å².